The van der Waals surface area contributed by atoms with Crippen LogP contribution in [0, 0.1) is 6.92 Å². The van der Waals surface area contributed by atoms with Crippen molar-refractivity contribution >= 4 is 23.2 Å². The molecule has 0 aliphatic rings. The maximum atomic E-state index is 12.3. The van der Waals surface area contributed by atoms with Crippen LogP contribution in [0.5, 0.6) is 5.75 Å². The van der Waals surface area contributed by atoms with E-state index in [0.29, 0.717) is 18.7 Å². The smallest absolute Gasteiger partial charge is 0.471 e. The zero-order chi connectivity index (χ0) is 19.9. The summed E-state index contributed by atoms with van der Waals surface area (Å²) in [6.45, 7) is 2.28. The zero-order valence-corrected chi connectivity index (χ0v) is 14.6. The van der Waals surface area contributed by atoms with Gasteiger partial charge in [-0.2, -0.15) is 13.2 Å². The number of hydrogen-bond donors (Lipinski definition) is 2. The molecule has 27 heavy (non-hydrogen) atoms. The maximum absolute atomic E-state index is 12.3. The van der Waals surface area contributed by atoms with Crippen LogP contribution < -0.4 is 15.4 Å². The van der Waals surface area contributed by atoms with E-state index in [1.165, 1.54) is 24.3 Å². The van der Waals surface area contributed by atoms with Gasteiger partial charge in [0.25, 0.3) is 0 Å². The molecular weight excluding hydrogens is 361 g/mol. The molecule has 2 N–H and O–H groups in total. The fourth-order valence-corrected chi connectivity index (χ4v) is 2.23. The molecule has 5 nitrogen and oxygen atoms in total. The van der Waals surface area contributed by atoms with Gasteiger partial charge in [-0.25, -0.2) is 0 Å². The Hall–Kier alpha value is -3.03. The number of amides is 2. The SMILES string of the molecule is Cc1ccccc1OCCCC(=O)Nc1cccc(NC(=O)C(F)(F)F)c1. The van der Waals surface area contributed by atoms with Crippen LogP contribution in [-0.2, 0) is 9.59 Å². The van der Waals surface area contributed by atoms with Gasteiger partial charge in [0.2, 0.25) is 5.91 Å². The monoisotopic (exact) mass is 380 g/mol. The van der Waals surface area contributed by atoms with Crippen molar-refractivity contribution in [1.29, 1.82) is 0 Å². The highest BCUT2D eigenvalue weighted by Gasteiger charge is 2.38. The molecule has 2 aromatic carbocycles. The van der Waals surface area contributed by atoms with Crippen molar-refractivity contribution in [3.8, 4) is 5.75 Å². The molecule has 0 fully saturated rings. The third-order valence-electron chi connectivity index (χ3n) is 3.56. The lowest BCUT2D eigenvalue weighted by Crippen LogP contribution is -2.29. The second-order valence-electron chi connectivity index (χ2n) is 5.80. The topological polar surface area (TPSA) is 67.4 Å². The van der Waals surface area contributed by atoms with Gasteiger partial charge in [-0.15, -0.1) is 0 Å². The van der Waals surface area contributed by atoms with Gasteiger partial charge in [0.15, 0.2) is 0 Å². The number of ether oxygens (including phenoxy) is 1. The molecule has 0 aliphatic carbocycles. The lowest BCUT2D eigenvalue weighted by molar-refractivity contribution is -0.167. The number of halogens is 3. The van der Waals surface area contributed by atoms with E-state index in [2.05, 4.69) is 5.32 Å². The van der Waals surface area contributed by atoms with Crippen LogP contribution in [0.25, 0.3) is 0 Å². The number of benzene rings is 2. The average Bonchev–Trinajstić information content (AvgIpc) is 2.59. The van der Waals surface area contributed by atoms with Crippen molar-refractivity contribution in [2.24, 2.45) is 0 Å². The van der Waals surface area contributed by atoms with E-state index in [1.807, 2.05) is 31.2 Å². The Kier molecular flexibility index (Phi) is 6.81. The van der Waals surface area contributed by atoms with Crippen molar-refractivity contribution in [1.82, 2.24) is 0 Å². The van der Waals surface area contributed by atoms with Crippen molar-refractivity contribution in [2.75, 3.05) is 17.2 Å². The first-order valence-electron chi connectivity index (χ1n) is 8.22. The van der Waals surface area contributed by atoms with Crippen LogP contribution in [0.15, 0.2) is 48.5 Å². The zero-order valence-electron chi connectivity index (χ0n) is 14.6. The fourth-order valence-electron chi connectivity index (χ4n) is 2.23. The minimum Gasteiger partial charge on any atom is -0.493 e. The van der Waals surface area contributed by atoms with Crippen LogP contribution >= 0.6 is 0 Å². The fraction of sp³-hybridized carbons (Fsp3) is 0.263. The first-order chi connectivity index (χ1) is 12.8. The van der Waals surface area contributed by atoms with Crippen molar-refractivity contribution < 1.29 is 27.5 Å². The highest BCUT2D eigenvalue weighted by Crippen LogP contribution is 2.21. The molecule has 0 saturated carbocycles. The van der Waals surface area contributed by atoms with Gasteiger partial charge in [-0.1, -0.05) is 24.3 Å². The number of aryl methyl sites for hydroxylation is 1. The molecule has 2 amide bonds. The number of para-hydroxylation sites is 1. The van der Waals surface area contributed by atoms with Gasteiger partial charge in [0.1, 0.15) is 5.75 Å². The van der Waals surface area contributed by atoms with E-state index in [9.17, 15) is 22.8 Å². The first kappa shape index (κ1) is 20.3. The van der Waals surface area contributed by atoms with Gasteiger partial charge in [0, 0.05) is 17.8 Å². The summed E-state index contributed by atoms with van der Waals surface area (Å²) in [6.07, 6.45) is -4.31. The summed E-state index contributed by atoms with van der Waals surface area (Å²) >= 11 is 0. The number of carbonyl (C=O) groups is 2. The van der Waals surface area contributed by atoms with Gasteiger partial charge >= 0.3 is 12.1 Å². The predicted molar refractivity (Wildman–Crippen MR) is 95.7 cm³/mol. The Morgan fingerprint density at radius 3 is 2.33 bits per heavy atom. The van der Waals surface area contributed by atoms with Gasteiger partial charge in [-0.05, 0) is 43.2 Å². The molecule has 0 spiro atoms. The van der Waals surface area contributed by atoms with E-state index < -0.39 is 12.1 Å². The molecule has 0 aromatic heterocycles. The minimum absolute atomic E-state index is 0.0574. The predicted octanol–water partition coefficient (Wildman–Crippen LogP) is 4.29. The largest absolute Gasteiger partial charge is 0.493 e. The number of nitrogens with one attached hydrogen (secondary N) is 2. The number of alkyl halides is 3. The third-order valence-corrected chi connectivity index (χ3v) is 3.56. The number of hydrogen-bond acceptors (Lipinski definition) is 3. The molecule has 0 heterocycles. The Morgan fingerprint density at radius 1 is 1.00 bits per heavy atom. The summed E-state index contributed by atoms with van der Waals surface area (Å²) in [4.78, 5) is 22.9. The Bertz CT molecular complexity index is 807. The van der Waals surface area contributed by atoms with Crippen LogP contribution in [-0.4, -0.2) is 24.6 Å². The molecule has 2 aromatic rings. The van der Waals surface area contributed by atoms with E-state index in [4.69, 9.17) is 4.74 Å². The Labute approximate surface area is 154 Å². The summed E-state index contributed by atoms with van der Waals surface area (Å²) in [7, 11) is 0. The van der Waals surface area contributed by atoms with E-state index in [1.54, 1.807) is 5.32 Å². The highest BCUT2D eigenvalue weighted by molar-refractivity contribution is 5.96. The summed E-state index contributed by atoms with van der Waals surface area (Å²) in [6, 6.07) is 13.0. The second kappa shape index (κ2) is 9.07. The average molecular weight is 380 g/mol. The van der Waals surface area contributed by atoms with Crippen molar-refractivity contribution in [3.05, 3.63) is 54.1 Å². The molecule has 144 valence electrons. The minimum atomic E-state index is -4.98. The van der Waals surface area contributed by atoms with Gasteiger partial charge < -0.3 is 15.4 Å². The van der Waals surface area contributed by atoms with Crippen molar-refractivity contribution in [2.45, 2.75) is 25.9 Å². The molecule has 0 unspecified atom stereocenters. The summed E-state index contributed by atoms with van der Waals surface area (Å²) < 4.78 is 42.4. The molecule has 2 rings (SSSR count). The number of carbonyl (C=O) groups excluding carboxylic acids is 2. The van der Waals surface area contributed by atoms with Crippen LogP contribution in [0.3, 0.4) is 0 Å². The molecule has 0 bridgehead atoms. The number of rotatable bonds is 7. The molecule has 8 heteroatoms. The van der Waals surface area contributed by atoms with Gasteiger partial charge in [0.05, 0.1) is 6.61 Å². The summed E-state index contributed by atoms with van der Waals surface area (Å²) in [5, 5.41) is 4.31. The highest BCUT2D eigenvalue weighted by atomic mass is 19.4. The standard InChI is InChI=1S/C19H19F3N2O3/c1-13-6-2-3-9-16(13)27-11-5-10-17(25)23-14-7-4-8-15(12-14)24-18(26)19(20,21)22/h2-4,6-9,12H,5,10-11H2,1H3,(H,23,25)(H,24,26). The van der Waals surface area contributed by atoms with Crippen LogP contribution in [0.4, 0.5) is 24.5 Å². The van der Waals surface area contributed by atoms with E-state index in [0.717, 1.165) is 11.3 Å². The Morgan fingerprint density at radius 2 is 1.67 bits per heavy atom. The summed E-state index contributed by atoms with van der Waals surface area (Å²) in [5.74, 6) is -1.62. The number of anilines is 2. The lowest BCUT2D eigenvalue weighted by atomic mass is 10.2. The molecule has 0 atom stereocenters. The first-order valence-corrected chi connectivity index (χ1v) is 8.22. The lowest BCUT2D eigenvalue weighted by Gasteiger charge is -2.11. The maximum Gasteiger partial charge on any atom is 0.471 e. The third kappa shape index (κ3) is 6.65. The van der Waals surface area contributed by atoms with E-state index in [-0.39, 0.29) is 18.0 Å². The molecule has 0 aliphatic heterocycles. The normalized spacial score (nSPS) is 11.0. The van der Waals surface area contributed by atoms with Crippen LogP contribution in [0.1, 0.15) is 18.4 Å². The van der Waals surface area contributed by atoms with Crippen LogP contribution in [0.2, 0.25) is 0 Å². The quantitative estimate of drug-likeness (QED) is 0.704. The summed E-state index contributed by atoms with van der Waals surface area (Å²) in [5.41, 5.74) is 1.23. The molecule has 0 saturated heterocycles. The second-order valence-corrected chi connectivity index (χ2v) is 5.80. The van der Waals surface area contributed by atoms with E-state index >= 15 is 0 Å². The van der Waals surface area contributed by atoms with Crippen molar-refractivity contribution in [3.63, 3.8) is 0 Å². The molecule has 0 radical (unpaired) electrons. The van der Waals surface area contributed by atoms with Gasteiger partial charge in [-0.3, -0.25) is 9.59 Å². The molecular formula is C19H19F3N2O3. The Balaban J connectivity index is 1.79.